The summed E-state index contributed by atoms with van der Waals surface area (Å²) in [6, 6.07) is 0. The van der Waals surface area contributed by atoms with Crippen molar-refractivity contribution in [3.63, 3.8) is 0 Å². The third-order valence-electron chi connectivity index (χ3n) is 3.02. The molecular formula is C16H38N+. The van der Waals surface area contributed by atoms with Crippen LogP contribution in [0.3, 0.4) is 0 Å². The maximum Gasteiger partial charge on any atom is 0.0755 e. The summed E-state index contributed by atoms with van der Waals surface area (Å²) in [6.07, 6.45) is 13.9. The highest BCUT2D eigenvalue weighted by atomic mass is 14.8. The quantitative estimate of drug-likeness (QED) is 0.515. The standard InChI is InChI=1S/C12H27N.C4H10/c1-3-5-7-9-11-13-12-10-8-6-4-2;1-3-4-2/h13H,3-12H2,1-2H3;3-4H2,1-2H3/p+1. The molecule has 17 heavy (non-hydrogen) atoms. The van der Waals surface area contributed by atoms with Crippen molar-refractivity contribution in [3.8, 4) is 0 Å². The van der Waals surface area contributed by atoms with E-state index in [1.165, 1.54) is 77.3 Å². The second-order valence-electron chi connectivity index (χ2n) is 4.99. The maximum atomic E-state index is 2.49. The van der Waals surface area contributed by atoms with E-state index >= 15 is 0 Å². The first-order chi connectivity index (χ1) is 8.33. The molecule has 1 heteroatoms. The molecule has 0 aromatic heterocycles. The molecule has 0 heterocycles. The second kappa shape index (κ2) is 21.3. The Balaban J connectivity index is 0. The molecule has 0 saturated carbocycles. The molecule has 0 unspecified atom stereocenters. The fourth-order valence-electron chi connectivity index (χ4n) is 1.58. The van der Waals surface area contributed by atoms with Gasteiger partial charge in [-0.05, 0) is 25.7 Å². The molecule has 0 rings (SSSR count). The minimum absolute atomic E-state index is 1.32. The van der Waals surface area contributed by atoms with Crippen molar-refractivity contribution >= 4 is 0 Å². The monoisotopic (exact) mass is 244 g/mol. The van der Waals surface area contributed by atoms with Gasteiger partial charge in [0.2, 0.25) is 0 Å². The van der Waals surface area contributed by atoms with Crippen LogP contribution in [-0.4, -0.2) is 13.1 Å². The van der Waals surface area contributed by atoms with E-state index in [-0.39, 0.29) is 0 Å². The van der Waals surface area contributed by atoms with Crippen LogP contribution in [0.5, 0.6) is 0 Å². The van der Waals surface area contributed by atoms with Crippen LogP contribution in [0.1, 0.15) is 91.9 Å². The van der Waals surface area contributed by atoms with Crippen molar-refractivity contribution in [2.45, 2.75) is 91.9 Å². The highest BCUT2D eigenvalue weighted by molar-refractivity contribution is 4.39. The van der Waals surface area contributed by atoms with Crippen molar-refractivity contribution in [3.05, 3.63) is 0 Å². The van der Waals surface area contributed by atoms with E-state index in [4.69, 9.17) is 0 Å². The van der Waals surface area contributed by atoms with Crippen LogP contribution >= 0.6 is 0 Å². The Hall–Kier alpha value is -0.0400. The fourth-order valence-corrected chi connectivity index (χ4v) is 1.58. The van der Waals surface area contributed by atoms with Gasteiger partial charge in [0.1, 0.15) is 0 Å². The van der Waals surface area contributed by atoms with E-state index in [2.05, 4.69) is 33.0 Å². The van der Waals surface area contributed by atoms with Gasteiger partial charge in [-0.1, -0.05) is 66.2 Å². The molecule has 0 aliphatic carbocycles. The first-order valence-electron chi connectivity index (χ1n) is 8.14. The largest absolute Gasteiger partial charge is 0.346 e. The molecule has 0 bridgehead atoms. The lowest BCUT2D eigenvalue weighted by Gasteiger charge is -2.00. The Morgan fingerprint density at radius 1 is 0.471 bits per heavy atom. The highest BCUT2D eigenvalue weighted by Gasteiger charge is 1.92. The van der Waals surface area contributed by atoms with Gasteiger partial charge >= 0.3 is 0 Å². The van der Waals surface area contributed by atoms with E-state index in [0.29, 0.717) is 0 Å². The molecule has 2 N–H and O–H groups in total. The summed E-state index contributed by atoms with van der Waals surface area (Å²) in [6.45, 7) is 11.6. The third kappa shape index (κ3) is 25.9. The average molecular weight is 244 g/mol. The molecule has 0 radical (unpaired) electrons. The minimum atomic E-state index is 1.32. The molecule has 0 aliphatic heterocycles. The van der Waals surface area contributed by atoms with E-state index in [9.17, 15) is 0 Å². The summed E-state index contributed by atoms with van der Waals surface area (Å²) in [5, 5.41) is 2.49. The van der Waals surface area contributed by atoms with Crippen LogP contribution in [0.2, 0.25) is 0 Å². The minimum Gasteiger partial charge on any atom is -0.346 e. The lowest BCUT2D eigenvalue weighted by atomic mass is 10.2. The van der Waals surface area contributed by atoms with Gasteiger partial charge in [-0.25, -0.2) is 0 Å². The van der Waals surface area contributed by atoms with Gasteiger partial charge in [-0.3, -0.25) is 0 Å². The predicted octanol–water partition coefficient (Wildman–Crippen LogP) is 4.52. The first kappa shape index (κ1) is 19.3. The number of unbranched alkanes of at least 4 members (excludes halogenated alkanes) is 7. The lowest BCUT2D eigenvalue weighted by Crippen LogP contribution is -2.84. The van der Waals surface area contributed by atoms with Crippen LogP contribution < -0.4 is 5.32 Å². The van der Waals surface area contributed by atoms with Crippen molar-refractivity contribution in [2.75, 3.05) is 13.1 Å². The SMILES string of the molecule is CCCC.CCCCCC[NH2+]CCCCCC. The van der Waals surface area contributed by atoms with E-state index < -0.39 is 0 Å². The first-order valence-corrected chi connectivity index (χ1v) is 8.14. The molecule has 0 aliphatic rings. The molecule has 106 valence electrons. The Kier molecular flexibility index (Phi) is 24.1. The van der Waals surface area contributed by atoms with Crippen molar-refractivity contribution in [1.29, 1.82) is 0 Å². The zero-order chi connectivity index (χ0) is 13.2. The molecule has 1 nitrogen and oxygen atoms in total. The molecule has 0 atom stereocenters. The fraction of sp³-hybridized carbons (Fsp3) is 1.00. The van der Waals surface area contributed by atoms with Gasteiger partial charge < -0.3 is 5.32 Å². The number of rotatable bonds is 11. The number of hydrogen-bond acceptors (Lipinski definition) is 0. The zero-order valence-electron chi connectivity index (χ0n) is 13.1. The van der Waals surface area contributed by atoms with Gasteiger partial charge in [0.25, 0.3) is 0 Å². The normalized spacial score (nSPS) is 9.88. The topological polar surface area (TPSA) is 16.6 Å². The highest BCUT2D eigenvalue weighted by Crippen LogP contribution is 1.97. The van der Waals surface area contributed by atoms with Crippen LogP contribution in [-0.2, 0) is 0 Å². The van der Waals surface area contributed by atoms with Crippen LogP contribution in [0.25, 0.3) is 0 Å². The second-order valence-corrected chi connectivity index (χ2v) is 4.99. The Morgan fingerprint density at radius 3 is 1.18 bits per heavy atom. The van der Waals surface area contributed by atoms with Crippen LogP contribution in [0, 0.1) is 0 Å². The van der Waals surface area contributed by atoms with Gasteiger partial charge in [0.15, 0.2) is 0 Å². The summed E-state index contributed by atoms with van der Waals surface area (Å²) >= 11 is 0. The molecule has 0 aromatic rings. The molecule has 0 fully saturated rings. The van der Waals surface area contributed by atoms with Gasteiger partial charge in [0.05, 0.1) is 13.1 Å². The predicted molar refractivity (Wildman–Crippen MR) is 80.5 cm³/mol. The summed E-state index contributed by atoms with van der Waals surface area (Å²) in [5.41, 5.74) is 0. The van der Waals surface area contributed by atoms with Gasteiger partial charge in [-0.2, -0.15) is 0 Å². The zero-order valence-corrected chi connectivity index (χ0v) is 13.1. The number of quaternary nitrogens is 1. The van der Waals surface area contributed by atoms with Crippen molar-refractivity contribution in [2.24, 2.45) is 0 Å². The molecular weight excluding hydrogens is 206 g/mol. The Labute approximate surface area is 111 Å². The van der Waals surface area contributed by atoms with E-state index in [1.807, 2.05) is 0 Å². The third-order valence-corrected chi connectivity index (χ3v) is 3.02. The van der Waals surface area contributed by atoms with Crippen molar-refractivity contribution in [1.82, 2.24) is 0 Å². The smallest absolute Gasteiger partial charge is 0.0755 e. The Morgan fingerprint density at radius 2 is 0.882 bits per heavy atom. The molecule has 0 saturated heterocycles. The molecule has 0 aromatic carbocycles. The summed E-state index contributed by atoms with van der Waals surface area (Å²) in [7, 11) is 0. The lowest BCUT2D eigenvalue weighted by molar-refractivity contribution is -0.655. The van der Waals surface area contributed by atoms with Gasteiger partial charge in [-0.15, -0.1) is 0 Å². The summed E-state index contributed by atoms with van der Waals surface area (Å²) in [4.78, 5) is 0. The number of nitrogens with two attached hydrogens (primary N) is 1. The van der Waals surface area contributed by atoms with Crippen LogP contribution in [0.4, 0.5) is 0 Å². The number of hydrogen-bond donors (Lipinski definition) is 1. The van der Waals surface area contributed by atoms with E-state index in [1.54, 1.807) is 0 Å². The van der Waals surface area contributed by atoms with Crippen LogP contribution in [0.15, 0.2) is 0 Å². The summed E-state index contributed by atoms with van der Waals surface area (Å²) < 4.78 is 0. The molecule has 0 amide bonds. The van der Waals surface area contributed by atoms with Crippen molar-refractivity contribution < 1.29 is 5.32 Å². The Bertz CT molecular complexity index is 89.7. The molecule has 0 spiro atoms. The average Bonchev–Trinajstić information content (AvgIpc) is 2.37. The van der Waals surface area contributed by atoms with Gasteiger partial charge in [0, 0.05) is 0 Å². The maximum absolute atomic E-state index is 2.49. The summed E-state index contributed by atoms with van der Waals surface area (Å²) in [5.74, 6) is 0. The van der Waals surface area contributed by atoms with E-state index in [0.717, 1.165) is 0 Å².